The molecule has 9 nitrogen and oxygen atoms in total. The van der Waals surface area contributed by atoms with Gasteiger partial charge in [-0.3, -0.25) is 4.79 Å². The highest BCUT2D eigenvalue weighted by Crippen LogP contribution is 2.30. The number of anilines is 3. The molecule has 2 atom stereocenters. The highest BCUT2D eigenvalue weighted by molar-refractivity contribution is 5.70. The van der Waals surface area contributed by atoms with Gasteiger partial charge >= 0.3 is 5.97 Å². The first-order chi connectivity index (χ1) is 16.5. The Bertz CT molecular complexity index is 1040. The predicted molar refractivity (Wildman–Crippen MR) is 131 cm³/mol. The van der Waals surface area contributed by atoms with Crippen molar-refractivity contribution < 1.29 is 28.1 Å². The van der Waals surface area contributed by atoms with Crippen LogP contribution in [0.3, 0.4) is 0 Å². The number of ether oxygens (including phenoxy) is 4. The van der Waals surface area contributed by atoms with Crippen LogP contribution in [-0.4, -0.2) is 50.5 Å². The molecule has 1 heterocycles. The molecule has 35 heavy (non-hydrogen) atoms. The Morgan fingerprint density at radius 2 is 1.74 bits per heavy atom. The highest BCUT2D eigenvalue weighted by Gasteiger charge is 2.25. The van der Waals surface area contributed by atoms with Gasteiger partial charge in [0.05, 0.1) is 38.9 Å². The van der Waals surface area contributed by atoms with E-state index in [2.05, 4.69) is 15.6 Å². The first-order valence-corrected chi connectivity index (χ1v) is 11.1. The van der Waals surface area contributed by atoms with Crippen molar-refractivity contribution in [2.75, 3.05) is 38.6 Å². The predicted octanol–water partition coefficient (Wildman–Crippen LogP) is 4.65. The average molecular weight is 489 g/mol. The van der Waals surface area contributed by atoms with Gasteiger partial charge in [-0.25, -0.2) is 9.37 Å². The number of methoxy groups -OCH3 is 3. The number of carbonyl (C=O) groups is 1. The molecule has 0 aliphatic rings. The second kappa shape index (κ2) is 12.2. The number of benzene rings is 1. The Morgan fingerprint density at radius 3 is 2.26 bits per heavy atom. The van der Waals surface area contributed by atoms with Crippen LogP contribution in [0.2, 0.25) is 0 Å². The van der Waals surface area contributed by atoms with Gasteiger partial charge in [0.1, 0.15) is 23.2 Å². The highest BCUT2D eigenvalue weighted by atomic mass is 19.1. The third-order valence-corrected chi connectivity index (χ3v) is 4.97. The maximum absolute atomic E-state index is 14.9. The summed E-state index contributed by atoms with van der Waals surface area (Å²) in [5, 5.41) is 15.6. The Hall–Kier alpha value is -3.58. The zero-order valence-corrected chi connectivity index (χ0v) is 21.2. The van der Waals surface area contributed by atoms with E-state index in [1.807, 2.05) is 13.0 Å². The molecule has 1 aromatic carbocycles. The summed E-state index contributed by atoms with van der Waals surface area (Å²) < 4.78 is 36.1. The molecule has 2 N–H and O–H groups in total. The number of halogens is 1. The molecule has 0 saturated heterocycles. The molecule has 0 bridgehead atoms. The van der Waals surface area contributed by atoms with Gasteiger partial charge < -0.3 is 29.6 Å². The third kappa shape index (κ3) is 8.30. The SMILES string of the molecule is COC[C@@H](Nc1nc(Nc2cc(OC)cc(OC)c2)c(C#N)cc1F)[C@H](C)CC(=O)OC(C)(C)C. The molecule has 0 saturated carbocycles. The molecule has 0 radical (unpaired) electrons. The number of rotatable bonds is 11. The van der Waals surface area contributed by atoms with Crippen molar-refractivity contribution >= 4 is 23.3 Å². The summed E-state index contributed by atoms with van der Waals surface area (Å²) in [5.41, 5.74) is -0.0556. The first-order valence-electron chi connectivity index (χ1n) is 11.1. The van der Waals surface area contributed by atoms with Crippen LogP contribution in [0, 0.1) is 23.1 Å². The van der Waals surface area contributed by atoms with Gasteiger partial charge in [0.15, 0.2) is 17.5 Å². The quantitative estimate of drug-likeness (QED) is 0.436. The van der Waals surface area contributed by atoms with Gasteiger partial charge in [-0.05, 0) is 32.8 Å². The lowest BCUT2D eigenvalue weighted by atomic mass is 9.98. The largest absolute Gasteiger partial charge is 0.497 e. The smallest absolute Gasteiger partial charge is 0.306 e. The number of hydrogen-bond donors (Lipinski definition) is 2. The summed E-state index contributed by atoms with van der Waals surface area (Å²) in [5.74, 6) is -0.219. The van der Waals surface area contributed by atoms with Crippen LogP contribution in [0.25, 0.3) is 0 Å². The van der Waals surface area contributed by atoms with E-state index in [0.29, 0.717) is 17.2 Å². The topological polar surface area (TPSA) is 115 Å². The van der Waals surface area contributed by atoms with Crippen molar-refractivity contribution in [2.45, 2.75) is 45.8 Å². The van der Waals surface area contributed by atoms with Crippen molar-refractivity contribution in [1.82, 2.24) is 4.98 Å². The van der Waals surface area contributed by atoms with Crippen LogP contribution in [0.5, 0.6) is 11.5 Å². The molecule has 0 amide bonds. The number of nitrogens with zero attached hydrogens (tertiary/aromatic N) is 2. The fourth-order valence-corrected chi connectivity index (χ4v) is 3.28. The number of esters is 1. The Labute approximate surface area is 205 Å². The summed E-state index contributed by atoms with van der Waals surface area (Å²) in [4.78, 5) is 16.6. The lowest BCUT2D eigenvalue weighted by Crippen LogP contribution is -2.35. The van der Waals surface area contributed by atoms with Crippen LogP contribution in [0.15, 0.2) is 24.3 Å². The molecular weight excluding hydrogens is 455 g/mol. The number of pyridine rings is 1. The second-order valence-electron chi connectivity index (χ2n) is 9.03. The summed E-state index contributed by atoms with van der Waals surface area (Å²) in [6.45, 7) is 7.42. The average Bonchev–Trinajstić information content (AvgIpc) is 2.78. The van der Waals surface area contributed by atoms with Crippen LogP contribution in [0.1, 0.15) is 39.7 Å². The molecule has 0 spiro atoms. The van der Waals surface area contributed by atoms with Crippen LogP contribution < -0.4 is 20.1 Å². The van der Waals surface area contributed by atoms with Crippen molar-refractivity contribution in [3.05, 3.63) is 35.6 Å². The Morgan fingerprint density at radius 1 is 1.11 bits per heavy atom. The molecule has 0 aliphatic heterocycles. The molecule has 0 fully saturated rings. The number of nitriles is 1. The lowest BCUT2D eigenvalue weighted by Gasteiger charge is -2.27. The van der Waals surface area contributed by atoms with Gasteiger partial charge in [-0.2, -0.15) is 5.26 Å². The maximum atomic E-state index is 14.9. The van der Waals surface area contributed by atoms with Gasteiger partial charge in [0.25, 0.3) is 0 Å². The molecule has 190 valence electrons. The van der Waals surface area contributed by atoms with E-state index in [-0.39, 0.29) is 42.1 Å². The van der Waals surface area contributed by atoms with E-state index in [9.17, 15) is 14.4 Å². The number of carbonyl (C=O) groups excluding carboxylic acids is 1. The molecule has 2 rings (SSSR count). The van der Waals surface area contributed by atoms with Gasteiger partial charge in [-0.15, -0.1) is 0 Å². The molecule has 0 unspecified atom stereocenters. The van der Waals surface area contributed by atoms with E-state index in [0.717, 1.165) is 6.07 Å². The fourth-order valence-electron chi connectivity index (χ4n) is 3.28. The van der Waals surface area contributed by atoms with Crippen molar-refractivity contribution in [3.8, 4) is 17.6 Å². The normalized spacial score (nSPS) is 12.8. The van der Waals surface area contributed by atoms with E-state index < -0.39 is 17.5 Å². The van der Waals surface area contributed by atoms with Gasteiger partial charge in [-0.1, -0.05) is 6.92 Å². The summed E-state index contributed by atoms with van der Waals surface area (Å²) >= 11 is 0. The van der Waals surface area contributed by atoms with Crippen molar-refractivity contribution in [3.63, 3.8) is 0 Å². The summed E-state index contributed by atoms with van der Waals surface area (Å²) in [6, 6.07) is 7.68. The first kappa shape index (κ1) is 27.7. The van der Waals surface area contributed by atoms with E-state index in [1.54, 1.807) is 39.0 Å². The molecule has 10 heteroatoms. The Balaban J connectivity index is 2.32. The summed E-state index contributed by atoms with van der Waals surface area (Å²) in [6.07, 6.45) is 0.102. The second-order valence-corrected chi connectivity index (χ2v) is 9.03. The van der Waals surface area contributed by atoms with Gasteiger partial charge in [0, 0.05) is 31.0 Å². The third-order valence-electron chi connectivity index (χ3n) is 4.97. The van der Waals surface area contributed by atoms with E-state index in [4.69, 9.17) is 18.9 Å². The van der Waals surface area contributed by atoms with Crippen molar-refractivity contribution in [1.29, 1.82) is 5.26 Å². The Kier molecular flexibility index (Phi) is 9.66. The van der Waals surface area contributed by atoms with E-state index >= 15 is 0 Å². The molecule has 2 aromatic rings. The van der Waals surface area contributed by atoms with Gasteiger partial charge in [0.2, 0.25) is 0 Å². The standard InChI is InChI=1S/C25H33FN4O5/c1-15(8-22(31)35-25(2,3)4)21(14-32-5)29-24-20(26)9-16(13-27)23(30-24)28-17-10-18(33-6)12-19(11-17)34-7/h9-12,15,21H,8,14H2,1-7H3,(H2,28,29,30)/t15-,21-/m1/s1. The minimum Gasteiger partial charge on any atom is -0.497 e. The van der Waals surface area contributed by atoms with Crippen LogP contribution >= 0.6 is 0 Å². The van der Waals surface area contributed by atoms with E-state index in [1.165, 1.54) is 21.3 Å². The van der Waals surface area contributed by atoms with Crippen molar-refractivity contribution in [2.24, 2.45) is 5.92 Å². The maximum Gasteiger partial charge on any atom is 0.306 e. The molecule has 1 aromatic heterocycles. The molecular formula is C25H33FN4O5. The minimum absolute atomic E-state index is 0.0138. The fraction of sp³-hybridized carbons (Fsp3) is 0.480. The zero-order chi connectivity index (χ0) is 26.2. The van der Waals surface area contributed by atoms with Crippen LogP contribution in [0.4, 0.5) is 21.7 Å². The number of aromatic nitrogens is 1. The minimum atomic E-state index is -0.708. The zero-order valence-electron chi connectivity index (χ0n) is 21.2. The number of nitrogens with one attached hydrogen (secondary N) is 2. The number of hydrogen-bond acceptors (Lipinski definition) is 9. The summed E-state index contributed by atoms with van der Waals surface area (Å²) in [7, 11) is 4.55. The van der Waals surface area contributed by atoms with Crippen LogP contribution in [-0.2, 0) is 14.3 Å². The monoisotopic (exact) mass is 488 g/mol. The molecule has 0 aliphatic carbocycles. The lowest BCUT2D eigenvalue weighted by molar-refractivity contribution is -0.156.